The van der Waals surface area contributed by atoms with Gasteiger partial charge in [0.25, 0.3) is 0 Å². The van der Waals surface area contributed by atoms with Crippen LogP contribution in [0.2, 0.25) is 0 Å². The van der Waals surface area contributed by atoms with Crippen molar-refractivity contribution in [2.75, 3.05) is 11.9 Å². The standard InChI is InChI=1S/C24H29NO/c1-16-11-12-20-18(13-16)21-19(17-9-7-6-8-10-17)14-23(2,3)15-24(21,4)22(26)25(20)5/h6-13,19,21H,14-15H2,1-5H3. The van der Waals surface area contributed by atoms with Gasteiger partial charge in [0.15, 0.2) is 0 Å². The van der Waals surface area contributed by atoms with Crippen molar-refractivity contribution >= 4 is 11.6 Å². The Hall–Kier alpha value is -2.09. The van der Waals surface area contributed by atoms with Gasteiger partial charge in [0.05, 0.1) is 5.41 Å². The molecule has 1 heterocycles. The predicted molar refractivity (Wildman–Crippen MR) is 108 cm³/mol. The van der Waals surface area contributed by atoms with E-state index in [0.717, 1.165) is 18.5 Å². The molecule has 1 saturated carbocycles. The van der Waals surface area contributed by atoms with Crippen molar-refractivity contribution in [3.05, 3.63) is 65.2 Å². The molecule has 1 amide bonds. The molecule has 4 rings (SSSR count). The Labute approximate surface area is 157 Å². The third-order valence-electron chi connectivity index (χ3n) is 6.61. The van der Waals surface area contributed by atoms with Crippen LogP contribution in [0.1, 0.15) is 62.1 Å². The summed E-state index contributed by atoms with van der Waals surface area (Å²) in [6, 6.07) is 17.4. The fraction of sp³-hybridized carbons (Fsp3) is 0.458. The zero-order valence-corrected chi connectivity index (χ0v) is 16.5. The fourth-order valence-electron chi connectivity index (χ4n) is 5.83. The monoisotopic (exact) mass is 347 g/mol. The van der Waals surface area contributed by atoms with Crippen LogP contribution in [0.3, 0.4) is 0 Å². The van der Waals surface area contributed by atoms with Crippen LogP contribution in [-0.4, -0.2) is 13.0 Å². The lowest BCUT2D eigenvalue weighted by Crippen LogP contribution is -2.54. The van der Waals surface area contributed by atoms with Gasteiger partial charge in [0.2, 0.25) is 5.91 Å². The second-order valence-electron chi connectivity index (χ2n) is 9.38. The first-order valence-electron chi connectivity index (χ1n) is 9.67. The highest BCUT2D eigenvalue weighted by Gasteiger charge is 2.57. The van der Waals surface area contributed by atoms with Crippen LogP contribution in [0.4, 0.5) is 5.69 Å². The molecule has 1 aliphatic heterocycles. The van der Waals surface area contributed by atoms with Crippen LogP contribution in [0.15, 0.2) is 48.5 Å². The lowest BCUT2D eigenvalue weighted by atomic mass is 9.50. The number of hydrogen-bond acceptors (Lipinski definition) is 1. The number of carbonyl (C=O) groups is 1. The van der Waals surface area contributed by atoms with E-state index >= 15 is 0 Å². The molecule has 0 aromatic heterocycles. The molecule has 0 spiro atoms. The molecule has 1 aliphatic carbocycles. The molecule has 0 saturated heterocycles. The normalized spacial score (nSPS) is 29.9. The van der Waals surface area contributed by atoms with E-state index in [-0.39, 0.29) is 22.7 Å². The summed E-state index contributed by atoms with van der Waals surface area (Å²) in [6.07, 6.45) is 2.05. The first-order chi connectivity index (χ1) is 12.2. The second kappa shape index (κ2) is 5.70. The van der Waals surface area contributed by atoms with Crippen molar-refractivity contribution in [2.24, 2.45) is 10.8 Å². The Morgan fingerprint density at radius 1 is 1.04 bits per heavy atom. The molecule has 2 aromatic carbocycles. The van der Waals surface area contributed by atoms with Crippen molar-refractivity contribution in [1.82, 2.24) is 0 Å². The van der Waals surface area contributed by atoms with Gasteiger partial charge in [-0.25, -0.2) is 0 Å². The average Bonchev–Trinajstić information content (AvgIpc) is 2.59. The highest BCUT2D eigenvalue weighted by atomic mass is 16.2. The van der Waals surface area contributed by atoms with Crippen LogP contribution >= 0.6 is 0 Å². The van der Waals surface area contributed by atoms with Gasteiger partial charge in [-0.3, -0.25) is 4.79 Å². The minimum Gasteiger partial charge on any atom is -0.315 e. The quantitative estimate of drug-likeness (QED) is 0.651. The number of nitrogens with zero attached hydrogens (tertiary/aromatic N) is 1. The van der Waals surface area contributed by atoms with E-state index < -0.39 is 0 Å². The summed E-state index contributed by atoms with van der Waals surface area (Å²) in [5.41, 5.74) is 4.84. The minimum atomic E-state index is -0.363. The van der Waals surface area contributed by atoms with E-state index in [2.05, 4.69) is 76.2 Å². The van der Waals surface area contributed by atoms with Gasteiger partial charge in [-0.05, 0) is 48.3 Å². The van der Waals surface area contributed by atoms with Crippen LogP contribution in [0.25, 0.3) is 0 Å². The molecule has 0 bridgehead atoms. The summed E-state index contributed by atoms with van der Waals surface area (Å²) in [6.45, 7) is 9.00. The zero-order valence-electron chi connectivity index (χ0n) is 16.5. The van der Waals surface area contributed by atoms with E-state index in [1.165, 1.54) is 16.7 Å². The number of fused-ring (bicyclic) bond motifs is 3. The lowest BCUT2D eigenvalue weighted by molar-refractivity contribution is -0.134. The molecule has 26 heavy (non-hydrogen) atoms. The summed E-state index contributed by atoms with van der Waals surface area (Å²) >= 11 is 0. The summed E-state index contributed by atoms with van der Waals surface area (Å²) in [5.74, 6) is 0.868. The molecule has 3 unspecified atom stereocenters. The van der Waals surface area contributed by atoms with Crippen molar-refractivity contribution in [1.29, 1.82) is 0 Å². The summed E-state index contributed by atoms with van der Waals surface area (Å²) in [5, 5.41) is 0. The van der Waals surface area contributed by atoms with Crippen molar-refractivity contribution < 1.29 is 4.79 Å². The van der Waals surface area contributed by atoms with E-state index in [0.29, 0.717) is 5.92 Å². The predicted octanol–water partition coefficient (Wildman–Crippen LogP) is 5.67. The van der Waals surface area contributed by atoms with Gasteiger partial charge in [-0.1, -0.05) is 68.8 Å². The van der Waals surface area contributed by atoms with Crippen molar-refractivity contribution in [2.45, 2.75) is 52.4 Å². The topological polar surface area (TPSA) is 20.3 Å². The Bertz CT molecular complexity index is 854. The highest BCUT2D eigenvalue weighted by Crippen LogP contribution is 2.63. The van der Waals surface area contributed by atoms with Gasteiger partial charge in [0.1, 0.15) is 0 Å². The largest absolute Gasteiger partial charge is 0.315 e. The highest BCUT2D eigenvalue weighted by molar-refractivity contribution is 6.01. The van der Waals surface area contributed by atoms with Gasteiger partial charge in [-0.15, -0.1) is 0 Å². The summed E-state index contributed by atoms with van der Waals surface area (Å²) in [7, 11) is 1.94. The number of carbonyl (C=O) groups excluding carboxylic acids is 1. The lowest BCUT2D eigenvalue weighted by Gasteiger charge is -2.55. The maximum absolute atomic E-state index is 13.5. The van der Waals surface area contributed by atoms with Gasteiger partial charge < -0.3 is 4.90 Å². The molecule has 0 N–H and O–H groups in total. The van der Waals surface area contributed by atoms with Gasteiger partial charge in [-0.2, -0.15) is 0 Å². The minimum absolute atomic E-state index is 0.142. The third-order valence-corrected chi connectivity index (χ3v) is 6.61. The fourth-order valence-corrected chi connectivity index (χ4v) is 5.83. The van der Waals surface area contributed by atoms with E-state index in [9.17, 15) is 4.79 Å². The third kappa shape index (κ3) is 2.50. The number of anilines is 1. The first kappa shape index (κ1) is 17.3. The SMILES string of the molecule is Cc1ccc2c(c1)C1C(c3ccccc3)CC(C)(C)CC1(C)C(=O)N2C. The average molecular weight is 348 g/mol. The molecule has 2 heteroatoms. The van der Waals surface area contributed by atoms with E-state index in [1.807, 2.05) is 11.9 Å². The maximum atomic E-state index is 13.5. The van der Waals surface area contributed by atoms with Crippen LogP contribution in [0.5, 0.6) is 0 Å². The number of benzene rings is 2. The molecule has 3 atom stereocenters. The number of rotatable bonds is 1. The Morgan fingerprint density at radius 3 is 2.42 bits per heavy atom. The Balaban J connectivity index is 1.97. The Kier molecular flexibility index (Phi) is 3.80. The summed E-state index contributed by atoms with van der Waals surface area (Å²) < 4.78 is 0. The maximum Gasteiger partial charge on any atom is 0.233 e. The number of hydrogen-bond donors (Lipinski definition) is 0. The number of aryl methyl sites for hydroxylation is 1. The first-order valence-corrected chi connectivity index (χ1v) is 9.67. The van der Waals surface area contributed by atoms with Gasteiger partial charge >= 0.3 is 0 Å². The van der Waals surface area contributed by atoms with Crippen LogP contribution in [0, 0.1) is 17.8 Å². The molecule has 1 fully saturated rings. The Morgan fingerprint density at radius 2 is 1.73 bits per heavy atom. The van der Waals surface area contributed by atoms with Crippen LogP contribution in [-0.2, 0) is 4.79 Å². The smallest absolute Gasteiger partial charge is 0.233 e. The zero-order chi connectivity index (χ0) is 18.7. The van der Waals surface area contributed by atoms with E-state index in [4.69, 9.17) is 0 Å². The van der Waals surface area contributed by atoms with Crippen molar-refractivity contribution in [3.8, 4) is 0 Å². The second-order valence-corrected chi connectivity index (χ2v) is 9.38. The van der Waals surface area contributed by atoms with Crippen molar-refractivity contribution in [3.63, 3.8) is 0 Å². The molecule has 0 radical (unpaired) electrons. The number of amides is 1. The molecular weight excluding hydrogens is 318 g/mol. The summed E-state index contributed by atoms with van der Waals surface area (Å²) in [4.78, 5) is 15.4. The van der Waals surface area contributed by atoms with E-state index in [1.54, 1.807) is 0 Å². The molecular formula is C24H29NO. The molecule has 2 nitrogen and oxygen atoms in total. The molecule has 2 aliphatic rings. The van der Waals surface area contributed by atoms with Gasteiger partial charge in [0, 0.05) is 18.7 Å². The molecule has 2 aromatic rings. The van der Waals surface area contributed by atoms with Crippen LogP contribution < -0.4 is 4.90 Å². The molecule has 136 valence electrons.